The lowest BCUT2D eigenvalue weighted by molar-refractivity contribution is -0.151. The molecule has 0 unspecified atom stereocenters. The maximum atomic E-state index is 12.2. The fourth-order valence-corrected chi connectivity index (χ4v) is 4.35. The van der Waals surface area contributed by atoms with E-state index in [9.17, 15) is 19.5 Å². The van der Waals surface area contributed by atoms with Crippen LogP contribution >= 0.6 is 0 Å². The molecule has 0 radical (unpaired) electrons. The SMILES string of the molecule is O=C(/C=C/CNC(=O)OCC1c2ccccc2-c2ccccc21)NC1(C(=O)O)CCOCC1. The number of carboxylic acids is 1. The second-order valence-corrected chi connectivity index (χ2v) is 8.10. The van der Waals surface area contributed by atoms with E-state index in [2.05, 4.69) is 22.8 Å². The van der Waals surface area contributed by atoms with Crippen LogP contribution < -0.4 is 10.6 Å². The van der Waals surface area contributed by atoms with Crippen LogP contribution in [0.2, 0.25) is 0 Å². The first-order chi connectivity index (χ1) is 16.0. The molecule has 2 aliphatic rings. The first-order valence-electron chi connectivity index (χ1n) is 10.9. The number of amides is 2. The highest BCUT2D eigenvalue weighted by molar-refractivity contribution is 5.93. The van der Waals surface area contributed by atoms with Gasteiger partial charge in [-0.25, -0.2) is 9.59 Å². The van der Waals surface area contributed by atoms with Crippen LogP contribution in [-0.4, -0.2) is 55.0 Å². The Kier molecular flexibility index (Phi) is 6.74. The Bertz CT molecular complexity index is 1030. The van der Waals surface area contributed by atoms with Gasteiger partial charge in [0.25, 0.3) is 0 Å². The summed E-state index contributed by atoms with van der Waals surface area (Å²) in [6.07, 6.45) is 2.49. The lowest BCUT2D eigenvalue weighted by Crippen LogP contribution is -2.57. The summed E-state index contributed by atoms with van der Waals surface area (Å²) in [7, 11) is 0. The highest BCUT2D eigenvalue weighted by Crippen LogP contribution is 2.44. The van der Waals surface area contributed by atoms with Crippen LogP contribution in [-0.2, 0) is 19.1 Å². The largest absolute Gasteiger partial charge is 0.480 e. The normalized spacial score (nSPS) is 16.6. The predicted octanol–water partition coefficient (Wildman–Crippen LogP) is 2.83. The van der Waals surface area contributed by atoms with Crippen molar-refractivity contribution in [2.45, 2.75) is 24.3 Å². The molecule has 0 aromatic heterocycles. The number of carbonyl (C=O) groups is 3. The van der Waals surface area contributed by atoms with E-state index in [0.717, 1.165) is 22.3 Å². The van der Waals surface area contributed by atoms with Crippen LogP contribution in [0.3, 0.4) is 0 Å². The molecule has 1 saturated heterocycles. The summed E-state index contributed by atoms with van der Waals surface area (Å²) >= 11 is 0. The number of aliphatic carboxylic acids is 1. The van der Waals surface area contributed by atoms with Gasteiger partial charge in [-0.05, 0) is 22.3 Å². The minimum atomic E-state index is -1.32. The molecule has 172 valence electrons. The van der Waals surface area contributed by atoms with Crippen molar-refractivity contribution < 1.29 is 29.0 Å². The van der Waals surface area contributed by atoms with Crippen molar-refractivity contribution in [1.29, 1.82) is 0 Å². The van der Waals surface area contributed by atoms with Crippen LogP contribution in [0.5, 0.6) is 0 Å². The smallest absolute Gasteiger partial charge is 0.407 e. The Morgan fingerprint density at radius 3 is 2.24 bits per heavy atom. The molecule has 8 heteroatoms. The molecule has 0 spiro atoms. The topological polar surface area (TPSA) is 114 Å². The molecule has 2 aromatic rings. The summed E-state index contributed by atoms with van der Waals surface area (Å²) in [4.78, 5) is 35.9. The van der Waals surface area contributed by atoms with Gasteiger partial charge in [-0.15, -0.1) is 0 Å². The summed E-state index contributed by atoms with van der Waals surface area (Å²) in [5, 5.41) is 14.6. The van der Waals surface area contributed by atoms with Crippen LogP contribution in [0.1, 0.15) is 29.9 Å². The third-order valence-electron chi connectivity index (χ3n) is 6.10. The Morgan fingerprint density at radius 1 is 1.03 bits per heavy atom. The Balaban J connectivity index is 1.26. The van der Waals surface area contributed by atoms with Crippen molar-refractivity contribution in [3.05, 3.63) is 71.8 Å². The van der Waals surface area contributed by atoms with E-state index in [4.69, 9.17) is 9.47 Å². The Labute approximate surface area is 191 Å². The van der Waals surface area contributed by atoms with E-state index in [1.165, 1.54) is 12.2 Å². The van der Waals surface area contributed by atoms with Gasteiger partial charge in [-0.3, -0.25) is 4.79 Å². The number of hydrogen-bond acceptors (Lipinski definition) is 5. The number of carboxylic acid groups (broad SMARTS) is 1. The van der Waals surface area contributed by atoms with Crippen molar-refractivity contribution in [2.24, 2.45) is 0 Å². The quantitative estimate of drug-likeness (QED) is 0.559. The number of carbonyl (C=O) groups excluding carboxylic acids is 2. The average Bonchev–Trinajstić information content (AvgIpc) is 3.15. The molecular weight excluding hydrogens is 424 g/mol. The Morgan fingerprint density at radius 2 is 1.64 bits per heavy atom. The zero-order valence-electron chi connectivity index (χ0n) is 18.1. The van der Waals surface area contributed by atoms with Crippen LogP contribution in [0.15, 0.2) is 60.7 Å². The van der Waals surface area contributed by atoms with Crippen LogP contribution in [0.25, 0.3) is 11.1 Å². The molecule has 1 aliphatic carbocycles. The van der Waals surface area contributed by atoms with Gasteiger partial charge < -0.3 is 25.2 Å². The summed E-state index contributed by atoms with van der Waals surface area (Å²) in [5.74, 6) is -1.64. The van der Waals surface area contributed by atoms with Gasteiger partial charge >= 0.3 is 12.1 Å². The maximum absolute atomic E-state index is 12.2. The van der Waals surface area contributed by atoms with Crippen molar-refractivity contribution in [1.82, 2.24) is 10.6 Å². The van der Waals surface area contributed by atoms with E-state index >= 15 is 0 Å². The lowest BCUT2D eigenvalue weighted by Gasteiger charge is -2.33. The number of hydrogen-bond donors (Lipinski definition) is 3. The molecule has 1 aliphatic heterocycles. The van der Waals surface area contributed by atoms with Crippen molar-refractivity contribution in [3.63, 3.8) is 0 Å². The molecule has 2 amide bonds. The monoisotopic (exact) mass is 450 g/mol. The molecule has 0 atom stereocenters. The average molecular weight is 450 g/mol. The predicted molar refractivity (Wildman–Crippen MR) is 121 cm³/mol. The molecule has 2 aromatic carbocycles. The number of benzene rings is 2. The number of ether oxygens (including phenoxy) is 2. The molecule has 1 fully saturated rings. The number of fused-ring (bicyclic) bond motifs is 3. The fourth-order valence-electron chi connectivity index (χ4n) is 4.35. The number of nitrogens with one attached hydrogen (secondary N) is 2. The molecule has 8 nitrogen and oxygen atoms in total. The maximum Gasteiger partial charge on any atom is 0.407 e. The van der Waals surface area contributed by atoms with E-state index in [0.29, 0.717) is 0 Å². The zero-order valence-corrected chi connectivity index (χ0v) is 18.1. The highest BCUT2D eigenvalue weighted by Gasteiger charge is 2.41. The third kappa shape index (κ3) is 4.90. The summed E-state index contributed by atoms with van der Waals surface area (Å²) in [5.41, 5.74) is 3.24. The van der Waals surface area contributed by atoms with E-state index in [1.807, 2.05) is 36.4 Å². The molecule has 0 saturated carbocycles. The van der Waals surface area contributed by atoms with Gasteiger partial charge in [0.1, 0.15) is 12.1 Å². The van der Waals surface area contributed by atoms with Gasteiger partial charge in [0.15, 0.2) is 0 Å². The molecule has 33 heavy (non-hydrogen) atoms. The number of alkyl carbamates (subject to hydrolysis) is 1. The van der Waals surface area contributed by atoms with Gasteiger partial charge in [-0.2, -0.15) is 0 Å². The van der Waals surface area contributed by atoms with Gasteiger partial charge in [-0.1, -0.05) is 54.6 Å². The minimum absolute atomic E-state index is 0.0313. The molecule has 0 bridgehead atoms. The lowest BCUT2D eigenvalue weighted by atomic mass is 9.90. The third-order valence-corrected chi connectivity index (χ3v) is 6.10. The van der Waals surface area contributed by atoms with Crippen LogP contribution in [0.4, 0.5) is 4.79 Å². The molecule has 4 rings (SSSR count). The minimum Gasteiger partial charge on any atom is -0.480 e. The van der Waals surface area contributed by atoms with Crippen molar-refractivity contribution in [3.8, 4) is 11.1 Å². The highest BCUT2D eigenvalue weighted by atomic mass is 16.5. The van der Waals surface area contributed by atoms with E-state index in [-0.39, 0.29) is 45.1 Å². The fraction of sp³-hybridized carbons (Fsp3) is 0.320. The van der Waals surface area contributed by atoms with Gasteiger partial charge in [0.2, 0.25) is 5.91 Å². The second-order valence-electron chi connectivity index (χ2n) is 8.10. The molecule has 1 heterocycles. The van der Waals surface area contributed by atoms with Gasteiger partial charge in [0, 0.05) is 44.6 Å². The van der Waals surface area contributed by atoms with Gasteiger partial charge in [0.05, 0.1) is 0 Å². The van der Waals surface area contributed by atoms with E-state index < -0.39 is 23.5 Å². The molecule has 3 N–H and O–H groups in total. The van der Waals surface area contributed by atoms with E-state index in [1.54, 1.807) is 0 Å². The first-order valence-corrected chi connectivity index (χ1v) is 10.9. The summed E-state index contributed by atoms with van der Waals surface area (Å²) in [6.45, 7) is 0.833. The molecular formula is C25H26N2O6. The summed E-state index contributed by atoms with van der Waals surface area (Å²) in [6, 6.07) is 16.2. The van der Waals surface area contributed by atoms with Crippen molar-refractivity contribution >= 4 is 18.0 Å². The Hall–Kier alpha value is -3.65. The first kappa shape index (κ1) is 22.5. The second kappa shape index (κ2) is 9.87. The zero-order chi connectivity index (χ0) is 23.3. The van der Waals surface area contributed by atoms with Crippen LogP contribution in [0, 0.1) is 0 Å². The van der Waals surface area contributed by atoms with Crippen molar-refractivity contribution in [2.75, 3.05) is 26.4 Å². The standard InChI is InChI=1S/C25H26N2O6/c28-22(27-25(23(29)30)11-14-32-15-12-25)10-5-13-26-24(31)33-16-21-19-8-3-1-6-17(19)18-7-2-4-9-20(18)21/h1-10,21H,11-16H2,(H,26,31)(H,27,28)(H,29,30)/b10-5+. The number of rotatable bonds is 7. The summed E-state index contributed by atoms with van der Waals surface area (Å²) < 4.78 is 10.6.